The van der Waals surface area contributed by atoms with Crippen LogP contribution in [0.15, 0.2) is 24.3 Å². The molecule has 0 aliphatic carbocycles. The zero-order valence-electron chi connectivity index (χ0n) is 16.6. The first-order valence-electron chi connectivity index (χ1n) is 9.72. The third-order valence-electron chi connectivity index (χ3n) is 4.78. The van der Waals surface area contributed by atoms with E-state index >= 15 is 0 Å². The molecule has 2 heterocycles. The van der Waals surface area contributed by atoms with Crippen molar-refractivity contribution in [2.75, 3.05) is 19.6 Å². The molecule has 0 radical (unpaired) electrons. The molecule has 1 atom stereocenters. The predicted molar refractivity (Wildman–Crippen MR) is 104 cm³/mol. The van der Waals surface area contributed by atoms with Crippen LogP contribution in [0.2, 0.25) is 0 Å². The van der Waals surface area contributed by atoms with Gasteiger partial charge in [-0.1, -0.05) is 18.6 Å². The van der Waals surface area contributed by atoms with Crippen LogP contribution in [0.3, 0.4) is 0 Å². The number of amides is 1. The highest BCUT2D eigenvalue weighted by molar-refractivity contribution is 5.93. The van der Waals surface area contributed by atoms with E-state index in [1.807, 2.05) is 49.9 Å². The lowest BCUT2D eigenvalue weighted by Gasteiger charge is -2.35. The molecule has 7 heteroatoms. The van der Waals surface area contributed by atoms with Crippen LogP contribution in [0.5, 0.6) is 5.75 Å². The number of piperazine rings is 1. The van der Waals surface area contributed by atoms with Gasteiger partial charge in [0.15, 0.2) is 5.69 Å². The molecule has 3 rings (SSSR count). The zero-order valence-corrected chi connectivity index (χ0v) is 16.6. The molecule has 1 aliphatic rings. The van der Waals surface area contributed by atoms with Crippen LogP contribution in [0, 0.1) is 6.92 Å². The molecule has 0 spiro atoms. The van der Waals surface area contributed by atoms with Gasteiger partial charge in [-0.05, 0) is 51.5 Å². The Morgan fingerprint density at radius 1 is 1.33 bits per heavy atom. The molecule has 1 N–H and O–H groups in total. The van der Waals surface area contributed by atoms with Gasteiger partial charge in [0.25, 0.3) is 5.91 Å². The molecular weight excluding hydrogens is 342 g/mol. The Labute approximate surface area is 160 Å². The van der Waals surface area contributed by atoms with E-state index in [0.717, 1.165) is 43.1 Å². The fraction of sp³-hybridized carbons (Fsp3) is 0.550. The topological polar surface area (TPSA) is 72.3 Å². The zero-order chi connectivity index (χ0) is 19.4. The average Bonchev–Trinajstić information content (AvgIpc) is 3.03. The van der Waals surface area contributed by atoms with Gasteiger partial charge in [0.05, 0.1) is 17.5 Å². The van der Waals surface area contributed by atoms with Gasteiger partial charge in [-0.15, -0.1) is 5.10 Å². The van der Waals surface area contributed by atoms with Crippen molar-refractivity contribution in [1.82, 2.24) is 25.2 Å². The summed E-state index contributed by atoms with van der Waals surface area (Å²) in [5.74, 6) is 0.782. The Kier molecular flexibility index (Phi) is 6.11. The minimum atomic E-state index is -0.0292. The second-order valence-corrected chi connectivity index (χ2v) is 7.24. The van der Waals surface area contributed by atoms with Crippen LogP contribution in [-0.4, -0.2) is 57.6 Å². The van der Waals surface area contributed by atoms with E-state index in [2.05, 4.69) is 22.6 Å². The summed E-state index contributed by atoms with van der Waals surface area (Å²) in [5, 5.41) is 11.8. The first-order valence-corrected chi connectivity index (χ1v) is 9.72. The van der Waals surface area contributed by atoms with E-state index in [9.17, 15) is 4.79 Å². The Morgan fingerprint density at radius 2 is 2.07 bits per heavy atom. The quantitative estimate of drug-likeness (QED) is 0.845. The number of nitrogens with zero attached hydrogens (tertiary/aromatic N) is 4. The van der Waals surface area contributed by atoms with Crippen molar-refractivity contribution < 1.29 is 9.53 Å². The van der Waals surface area contributed by atoms with Gasteiger partial charge in [0, 0.05) is 25.7 Å². The minimum Gasteiger partial charge on any atom is -0.491 e. The molecule has 1 unspecified atom stereocenters. The highest BCUT2D eigenvalue weighted by Crippen LogP contribution is 2.20. The van der Waals surface area contributed by atoms with Crippen LogP contribution in [0.4, 0.5) is 0 Å². The maximum atomic E-state index is 13.1. The Morgan fingerprint density at radius 3 is 2.74 bits per heavy atom. The van der Waals surface area contributed by atoms with Crippen molar-refractivity contribution in [3.8, 4) is 11.4 Å². The average molecular weight is 371 g/mol. The van der Waals surface area contributed by atoms with Crippen LogP contribution in [0.1, 0.15) is 49.8 Å². The summed E-state index contributed by atoms with van der Waals surface area (Å²) >= 11 is 0. The van der Waals surface area contributed by atoms with Gasteiger partial charge >= 0.3 is 0 Å². The van der Waals surface area contributed by atoms with Crippen molar-refractivity contribution in [2.45, 2.75) is 52.7 Å². The van der Waals surface area contributed by atoms with Gasteiger partial charge in [0.2, 0.25) is 0 Å². The number of hydrogen-bond donors (Lipinski definition) is 1. The van der Waals surface area contributed by atoms with Gasteiger partial charge in [-0.2, -0.15) is 0 Å². The van der Waals surface area contributed by atoms with E-state index in [-0.39, 0.29) is 18.1 Å². The molecule has 1 fully saturated rings. The molecule has 1 aliphatic heterocycles. The maximum Gasteiger partial charge on any atom is 0.276 e. The Bertz CT molecular complexity index is 767. The fourth-order valence-corrected chi connectivity index (χ4v) is 3.47. The molecule has 146 valence electrons. The van der Waals surface area contributed by atoms with E-state index in [0.29, 0.717) is 12.2 Å². The van der Waals surface area contributed by atoms with Crippen LogP contribution >= 0.6 is 0 Å². The highest BCUT2D eigenvalue weighted by atomic mass is 16.5. The fourth-order valence-electron chi connectivity index (χ4n) is 3.47. The normalized spacial score (nSPS) is 17.4. The molecule has 2 aromatic rings. The smallest absolute Gasteiger partial charge is 0.276 e. The molecule has 0 saturated carbocycles. The van der Waals surface area contributed by atoms with E-state index in [1.54, 1.807) is 4.68 Å². The van der Waals surface area contributed by atoms with Gasteiger partial charge < -0.3 is 15.0 Å². The summed E-state index contributed by atoms with van der Waals surface area (Å²) in [4.78, 5) is 15.0. The lowest BCUT2D eigenvalue weighted by Crippen LogP contribution is -2.53. The predicted octanol–water partition coefficient (Wildman–Crippen LogP) is 2.58. The first kappa shape index (κ1) is 19.4. The van der Waals surface area contributed by atoms with Crippen molar-refractivity contribution >= 4 is 5.91 Å². The summed E-state index contributed by atoms with van der Waals surface area (Å²) in [5.41, 5.74) is 2.05. The second-order valence-electron chi connectivity index (χ2n) is 7.24. The van der Waals surface area contributed by atoms with Crippen LogP contribution in [-0.2, 0) is 0 Å². The number of benzene rings is 1. The molecule has 1 amide bonds. The summed E-state index contributed by atoms with van der Waals surface area (Å²) in [6, 6.07) is 7.89. The number of carbonyl (C=O) groups excluding carboxylic acids is 1. The van der Waals surface area contributed by atoms with Gasteiger partial charge in [-0.3, -0.25) is 4.79 Å². The standard InChI is InChI=1S/C20H29N5O2/c1-5-6-17-13-21-11-12-24(17)20(26)19-15(4)25(23-22-19)16-7-9-18(10-8-16)27-14(2)3/h7-10,14,17,21H,5-6,11-13H2,1-4H3. The summed E-state index contributed by atoms with van der Waals surface area (Å²) in [7, 11) is 0. The van der Waals surface area contributed by atoms with Crippen molar-refractivity contribution in [3.05, 3.63) is 35.7 Å². The Balaban J connectivity index is 1.81. The maximum absolute atomic E-state index is 13.1. The molecular formula is C20H29N5O2. The number of aromatic nitrogens is 3. The molecule has 7 nitrogen and oxygen atoms in total. The van der Waals surface area contributed by atoms with E-state index in [1.165, 1.54) is 0 Å². The van der Waals surface area contributed by atoms with Crippen LogP contribution < -0.4 is 10.1 Å². The van der Waals surface area contributed by atoms with E-state index in [4.69, 9.17) is 4.74 Å². The highest BCUT2D eigenvalue weighted by Gasteiger charge is 2.30. The van der Waals surface area contributed by atoms with Gasteiger partial charge in [0.1, 0.15) is 5.75 Å². The lowest BCUT2D eigenvalue weighted by atomic mass is 10.1. The minimum absolute atomic E-state index is 0.0292. The Hall–Kier alpha value is -2.41. The summed E-state index contributed by atoms with van der Waals surface area (Å²) in [6.07, 6.45) is 2.17. The van der Waals surface area contributed by atoms with Gasteiger partial charge in [-0.25, -0.2) is 4.68 Å². The third-order valence-corrected chi connectivity index (χ3v) is 4.78. The summed E-state index contributed by atoms with van der Waals surface area (Å²) < 4.78 is 7.39. The molecule has 0 bridgehead atoms. The van der Waals surface area contributed by atoms with E-state index < -0.39 is 0 Å². The first-order chi connectivity index (χ1) is 13.0. The second kappa shape index (κ2) is 8.52. The van der Waals surface area contributed by atoms with Crippen molar-refractivity contribution in [3.63, 3.8) is 0 Å². The number of nitrogens with one attached hydrogen (secondary N) is 1. The number of ether oxygens (including phenoxy) is 1. The monoisotopic (exact) mass is 371 g/mol. The third kappa shape index (κ3) is 4.30. The molecule has 27 heavy (non-hydrogen) atoms. The summed E-state index contributed by atoms with van der Waals surface area (Å²) in [6.45, 7) is 10.4. The molecule has 1 saturated heterocycles. The van der Waals surface area contributed by atoms with Crippen molar-refractivity contribution in [1.29, 1.82) is 0 Å². The number of carbonyl (C=O) groups is 1. The SMILES string of the molecule is CCCC1CNCCN1C(=O)c1nnn(-c2ccc(OC(C)C)cc2)c1C. The number of hydrogen-bond acceptors (Lipinski definition) is 5. The largest absolute Gasteiger partial charge is 0.491 e. The molecule has 1 aromatic carbocycles. The van der Waals surface area contributed by atoms with Crippen molar-refractivity contribution in [2.24, 2.45) is 0 Å². The number of rotatable bonds is 6. The molecule has 1 aromatic heterocycles. The van der Waals surface area contributed by atoms with Crippen LogP contribution in [0.25, 0.3) is 5.69 Å². The lowest BCUT2D eigenvalue weighted by molar-refractivity contribution is 0.0617.